The highest BCUT2D eigenvalue weighted by molar-refractivity contribution is 5.38. The summed E-state index contributed by atoms with van der Waals surface area (Å²) in [5, 5.41) is 0. The molecule has 0 nitrogen and oxygen atoms in total. The number of alkyl halides is 5. The Kier molecular flexibility index (Phi) is 8.34. The van der Waals surface area contributed by atoms with Crippen molar-refractivity contribution in [2.75, 3.05) is 0 Å². The molecule has 0 radical (unpaired) electrons. The van der Waals surface area contributed by atoms with E-state index in [1.54, 1.807) is 0 Å². The van der Waals surface area contributed by atoms with Gasteiger partial charge in [0.2, 0.25) is 0 Å². The van der Waals surface area contributed by atoms with E-state index < -0.39 is 17.7 Å². The Bertz CT molecular complexity index is 640. The van der Waals surface area contributed by atoms with Gasteiger partial charge in [0.05, 0.1) is 0 Å². The van der Waals surface area contributed by atoms with Crippen molar-refractivity contribution in [1.29, 1.82) is 0 Å². The minimum atomic E-state index is -5.59. The van der Waals surface area contributed by atoms with Crippen molar-refractivity contribution in [3.63, 3.8) is 0 Å². The lowest BCUT2D eigenvalue weighted by molar-refractivity contribution is -0.289. The van der Waals surface area contributed by atoms with E-state index >= 15 is 0 Å². The Balaban J connectivity index is 1.80. The molecule has 0 N–H and O–H groups in total. The van der Waals surface area contributed by atoms with Crippen molar-refractivity contribution >= 4 is 0 Å². The third kappa shape index (κ3) is 6.50. The van der Waals surface area contributed by atoms with E-state index in [0.29, 0.717) is 5.56 Å². The van der Waals surface area contributed by atoms with Crippen molar-refractivity contribution in [3.05, 3.63) is 35.4 Å². The number of hydrogen-bond acceptors (Lipinski definition) is 0. The van der Waals surface area contributed by atoms with Gasteiger partial charge in [0.1, 0.15) is 0 Å². The van der Waals surface area contributed by atoms with Gasteiger partial charge in [-0.3, -0.25) is 0 Å². The number of halogens is 5. The third-order valence-corrected chi connectivity index (χ3v) is 5.59. The van der Waals surface area contributed by atoms with Crippen LogP contribution in [0.1, 0.15) is 82.3 Å². The quantitative estimate of drug-likeness (QED) is 0.248. The second-order valence-electron chi connectivity index (χ2n) is 7.84. The van der Waals surface area contributed by atoms with Crippen LogP contribution in [-0.2, 0) is 5.92 Å². The SMILES string of the molecule is CCCCCCCC1CCC(C#Cc2ccc(C(F)(F)C(F)(F)F)cc2)CC1. The zero-order valence-corrected chi connectivity index (χ0v) is 16.4. The summed E-state index contributed by atoms with van der Waals surface area (Å²) in [7, 11) is 0. The van der Waals surface area contributed by atoms with Crippen LogP contribution in [0.15, 0.2) is 24.3 Å². The zero-order chi connectivity index (χ0) is 20.6. The Morgan fingerprint density at radius 1 is 0.857 bits per heavy atom. The van der Waals surface area contributed by atoms with Crippen LogP contribution in [-0.4, -0.2) is 6.18 Å². The molecule has 0 atom stereocenters. The molecule has 0 heterocycles. The molecular formula is C23H29F5. The van der Waals surface area contributed by atoms with Gasteiger partial charge in [-0.25, -0.2) is 0 Å². The zero-order valence-electron chi connectivity index (χ0n) is 16.4. The Labute approximate surface area is 164 Å². The molecular weight excluding hydrogens is 371 g/mol. The molecule has 0 spiro atoms. The molecule has 1 aliphatic rings. The standard InChI is InChI=1S/C23H29F5/c1-2-3-4-5-6-7-18-8-10-19(11-9-18)12-13-20-14-16-21(17-15-20)22(24,25)23(26,27)28/h14-19H,2-11H2,1H3. The molecule has 2 rings (SSSR count). The fraction of sp³-hybridized carbons (Fsp3) is 0.652. The second kappa shape index (κ2) is 10.3. The molecule has 1 aromatic rings. The van der Waals surface area contributed by atoms with E-state index in [0.717, 1.165) is 30.9 Å². The van der Waals surface area contributed by atoms with E-state index in [1.165, 1.54) is 63.5 Å². The number of hydrogen-bond donors (Lipinski definition) is 0. The van der Waals surface area contributed by atoms with Crippen molar-refractivity contribution < 1.29 is 22.0 Å². The first-order chi connectivity index (χ1) is 13.2. The minimum Gasteiger partial charge on any atom is -0.191 e. The fourth-order valence-corrected chi connectivity index (χ4v) is 3.74. The van der Waals surface area contributed by atoms with Crippen LogP contribution in [0.4, 0.5) is 22.0 Å². The minimum absolute atomic E-state index is 0.285. The summed E-state index contributed by atoms with van der Waals surface area (Å²) in [5.41, 5.74) is -0.579. The van der Waals surface area contributed by atoms with Crippen LogP contribution in [0.25, 0.3) is 0 Å². The molecule has 0 unspecified atom stereocenters. The highest BCUT2D eigenvalue weighted by atomic mass is 19.4. The molecule has 1 aliphatic carbocycles. The fourth-order valence-electron chi connectivity index (χ4n) is 3.74. The maximum Gasteiger partial charge on any atom is 0.458 e. The van der Waals surface area contributed by atoms with Gasteiger partial charge in [0.25, 0.3) is 0 Å². The average molecular weight is 400 g/mol. The molecule has 156 valence electrons. The van der Waals surface area contributed by atoms with Gasteiger partial charge in [0, 0.05) is 17.0 Å². The van der Waals surface area contributed by atoms with Crippen molar-refractivity contribution in [3.8, 4) is 11.8 Å². The summed E-state index contributed by atoms with van der Waals surface area (Å²) in [6.45, 7) is 2.22. The largest absolute Gasteiger partial charge is 0.458 e. The van der Waals surface area contributed by atoms with Crippen LogP contribution >= 0.6 is 0 Å². The van der Waals surface area contributed by atoms with E-state index in [9.17, 15) is 22.0 Å². The van der Waals surface area contributed by atoms with E-state index in [1.807, 2.05) is 0 Å². The van der Waals surface area contributed by atoms with Gasteiger partial charge >= 0.3 is 12.1 Å². The Morgan fingerprint density at radius 3 is 2.04 bits per heavy atom. The lowest BCUT2D eigenvalue weighted by atomic mass is 9.80. The number of benzene rings is 1. The summed E-state index contributed by atoms with van der Waals surface area (Å²) in [6, 6.07) is 4.10. The number of rotatable bonds is 7. The molecule has 5 heteroatoms. The monoisotopic (exact) mass is 400 g/mol. The highest BCUT2D eigenvalue weighted by Crippen LogP contribution is 2.43. The Hall–Kier alpha value is -1.57. The third-order valence-electron chi connectivity index (χ3n) is 5.59. The molecule has 1 aromatic carbocycles. The summed E-state index contributed by atoms with van der Waals surface area (Å²) in [4.78, 5) is 0. The number of unbranched alkanes of at least 4 members (excludes halogenated alkanes) is 4. The molecule has 1 fully saturated rings. The lowest BCUT2D eigenvalue weighted by Crippen LogP contribution is -2.33. The van der Waals surface area contributed by atoms with Crippen molar-refractivity contribution in [1.82, 2.24) is 0 Å². The predicted molar refractivity (Wildman–Crippen MR) is 102 cm³/mol. The van der Waals surface area contributed by atoms with Gasteiger partial charge in [0.15, 0.2) is 0 Å². The summed E-state index contributed by atoms with van der Waals surface area (Å²) in [6.07, 6.45) is 6.64. The summed E-state index contributed by atoms with van der Waals surface area (Å²) < 4.78 is 63.8. The van der Waals surface area contributed by atoms with Crippen molar-refractivity contribution in [2.45, 2.75) is 83.2 Å². The van der Waals surface area contributed by atoms with E-state index in [-0.39, 0.29) is 5.92 Å². The van der Waals surface area contributed by atoms with Gasteiger partial charge < -0.3 is 0 Å². The molecule has 0 aliphatic heterocycles. The maximum atomic E-state index is 13.3. The van der Waals surface area contributed by atoms with Crippen LogP contribution in [0.2, 0.25) is 0 Å². The van der Waals surface area contributed by atoms with Crippen molar-refractivity contribution in [2.24, 2.45) is 11.8 Å². The first kappa shape index (κ1) is 22.7. The Morgan fingerprint density at radius 2 is 1.46 bits per heavy atom. The lowest BCUT2D eigenvalue weighted by Gasteiger charge is -2.25. The predicted octanol–water partition coefficient (Wildman–Crippen LogP) is 7.86. The first-order valence-corrected chi connectivity index (χ1v) is 10.3. The van der Waals surface area contributed by atoms with Crippen LogP contribution in [0.3, 0.4) is 0 Å². The van der Waals surface area contributed by atoms with Crippen LogP contribution < -0.4 is 0 Å². The van der Waals surface area contributed by atoms with Crippen LogP contribution in [0.5, 0.6) is 0 Å². The molecule has 28 heavy (non-hydrogen) atoms. The second-order valence-corrected chi connectivity index (χ2v) is 7.84. The molecule has 0 bridgehead atoms. The first-order valence-electron chi connectivity index (χ1n) is 10.3. The van der Waals surface area contributed by atoms with Gasteiger partial charge in [-0.1, -0.05) is 69.4 Å². The molecule has 0 aromatic heterocycles. The highest BCUT2D eigenvalue weighted by Gasteiger charge is 2.58. The average Bonchev–Trinajstić information content (AvgIpc) is 2.66. The summed E-state index contributed by atoms with van der Waals surface area (Å²) in [5.74, 6) is 2.33. The molecule has 0 amide bonds. The molecule has 0 saturated heterocycles. The molecule has 1 saturated carbocycles. The smallest absolute Gasteiger partial charge is 0.191 e. The van der Waals surface area contributed by atoms with E-state index in [4.69, 9.17) is 0 Å². The normalized spacial score (nSPS) is 20.5. The van der Waals surface area contributed by atoms with Gasteiger partial charge in [-0.15, -0.1) is 0 Å². The van der Waals surface area contributed by atoms with Gasteiger partial charge in [-0.2, -0.15) is 22.0 Å². The maximum absolute atomic E-state index is 13.3. The van der Waals surface area contributed by atoms with Crippen LogP contribution in [0, 0.1) is 23.7 Å². The summed E-state index contributed by atoms with van der Waals surface area (Å²) >= 11 is 0. The topological polar surface area (TPSA) is 0 Å². The van der Waals surface area contributed by atoms with Gasteiger partial charge in [-0.05, 0) is 43.7 Å². The van der Waals surface area contributed by atoms with E-state index in [2.05, 4.69) is 18.8 Å².